The lowest BCUT2D eigenvalue weighted by Gasteiger charge is -2.35. The van der Waals surface area contributed by atoms with Crippen LogP contribution in [0.5, 0.6) is 0 Å². The summed E-state index contributed by atoms with van der Waals surface area (Å²) in [6, 6.07) is 7.60. The van der Waals surface area contributed by atoms with Gasteiger partial charge in [0, 0.05) is 26.2 Å². The minimum Gasteiger partial charge on any atom is -0.396 e. The molecule has 1 aliphatic rings. The molecule has 1 N–H and O–H groups in total. The zero-order valence-electron chi connectivity index (χ0n) is 13.4. The van der Waals surface area contributed by atoms with E-state index in [4.69, 9.17) is 0 Å². The molecule has 6 heteroatoms. The highest BCUT2D eigenvalue weighted by Crippen LogP contribution is 2.20. The van der Waals surface area contributed by atoms with Crippen molar-refractivity contribution in [1.82, 2.24) is 14.0 Å². The highest BCUT2D eigenvalue weighted by molar-refractivity contribution is 5.81. The Morgan fingerprint density at radius 2 is 2.00 bits per heavy atom. The summed E-state index contributed by atoms with van der Waals surface area (Å²) in [7, 11) is 1.72. The van der Waals surface area contributed by atoms with Crippen LogP contribution in [0.4, 0.5) is 0 Å². The summed E-state index contributed by atoms with van der Waals surface area (Å²) >= 11 is 0. The first-order valence-electron chi connectivity index (χ1n) is 8.18. The first-order valence-corrected chi connectivity index (χ1v) is 8.18. The quantitative estimate of drug-likeness (QED) is 0.918. The molecule has 1 atom stereocenters. The number of aliphatic hydroxyl groups excluding tert-OH is 1. The molecule has 0 aliphatic carbocycles. The molecule has 6 nitrogen and oxygen atoms in total. The van der Waals surface area contributed by atoms with Crippen LogP contribution in [0.25, 0.3) is 11.0 Å². The molecule has 2 heterocycles. The van der Waals surface area contributed by atoms with E-state index < -0.39 is 0 Å². The molecule has 2 aromatic rings. The zero-order chi connectivity index (χ0) is 16.4. The van der Waals surface area contributed by atoms with Crippen LogP contribution in [0.2, 0.25) is 0 Å². The van der Waals surface area contributed by atoms with Gasteiger partial charge in [0.2, 0.25) is 5.91 Å². The monoisotopic (exact) mass is 317 g/mol. The molecule has 0 radical (unpaired) electrons. The topological polar surface area (TPSA) is 67.5 Å². The van der Waals surface area contributed by atoms with Crippen LogP contribution in [-0.4, -0.2) is 44.2 Å². The number of rotatable bonds is 4. The fraction of sp³-hybridized carbons (Fsp3) is 0.529. The van der Waals surface area contributed by atoms with Gasteiger partial charge in [-0.2, -0.15) is 0 Å². The van der Waals surface area contributed by atoms with Gasteiger partial charge < -0.3 is 10.0 Å². The number of nitrogens with zero attached hydrogens (tertiary/aromatic N) is 3. The molecule has 0 spiro atoms. The molecule has 1 aliphatic heterocycles. The van der Waals surface area contributed by atoms with Crippen molar-refractivity contribution in [1.29, 1.82) is 0 Å². The molecule has 0 bridgehead atoms. The second-order valence-corrected chi connectivity index (χ2v) is 6.17. The van der Waals surface area contributed by atoms with Gasteiger partial charge in [0.1, 0.15) is 6.54 Å². The van der Waals surface area contributed by atoms with Crippen LogP contribution in [-0.2, 0) is 18.4 Å². The van der Waals surface area contributed by atoms with E-state index in [1.165, 1.54) is 0 Å². The van der Waals surface area contributed by atoms with E-state index in [0.29, 0.717) is 13.0 Å². The Bertz CT molecular complexity index is 760. The number of aliphatic hydroxyl groups is 1. The number of amides is 1. The number of likely N-dealkylation sites (tertiary alicyclic amines) is 1. The zero-order valence-corrected chi connectivity index (χ0v) is 13.4. The fourth-order valence-corrected chi connectivity index (χ4v) is 3.52. The van der Waals surface area contributed by atoms with Crippen LogP contribution < -0.4 is 5.69 Å². The molecular formula is C17H23N3O3. The van der Waals surface area contributed by atoms with Crippen molar-refractivity contribution in [3.05, 3.63) is 34.7 Å². The van der Waals surface area contributed by atoms with E-state index in [1.54, 1.807) is 16.2 Å². The van der Waals surface area contributed by atoms with E-state index in [1.807, 2.05) is 29.2 Å². The van der Waals surface area contributed by atoms with Crippen LogP contribution in [0.1, 0.15) is 25.7 Å². The predicted molar refractivity (Wildman–Crippen MR) is 88.2 cm³/mol. The third-order valence-electron chi connectivity index (χ3n) is 4.75. The van der Waals surface area contributed by atoms with E-state index in [0.717, 1.165) is 30.3 Å². The molecule has 23 heavy (non-hydrogen) atoms. The van der Waals surface area contributed by atoms with Crippen LogP contribution in [0, 0.1) is 0 Å². The van der Waals surface area contributed by atoms with Gasteiger partial charge in [-0.1, -0.05) is 12.1 Å². The van der Waals surface area contributed by atoms with E-state index in [-0.39, 0.29) is 30.8 Å². The standard InChI is InChI=1S/C17H23N3O3/c1-18-14-7-2-3-8-15(14)20(17(18)23)12-16(22)19-10-5-4-6-13(19)9-11-21/h2-3,7-8,13,21H,4-6,9-12H2,1H3. The van der Waals surface area contributed by atoms with Crippen molar-refractivity contribution in [2.45, 2.75) is 38.3 Å². The summed E-state index contributed by atoms with van der Waals surface area (Å²) < 4.78 is 3.12. The number of aromatic nitrogens is 2. The summed E-state index contributed by atoms with van der Waals surface area (Å²) in [4.78, 5) is 27.0. The van der Waals surface area contributed by atoms with Gasteiger partial charge in [-0.3, -0.25) is 13.9 Å². The predicted octanol–water partition coefficient (Wildman–Crippen LogP) is 1.10. The number of fused-ring (bicyclic) bond motifs is 1. The number of imidazole rings is 1. The molecule has 124 valence electrons. The maximum atomic E-state index is 12.7. The second-order valence-electron chi connectivity index (χ2n) is 6.17. The lowest BCUT2D eigenvalue weighted by Crippen LogP contribution is -2.46. The number of carbonyl (C=O) groups is 1. The lowest BCUT2D eigenvalue weighted by molar-refractivity contribution is -0.135. The highest BCUT2D eigenvalue weighted by atomic mass is 16.3. The van der Waals surface area contributed by atoms with Gasteiger partial charge in [-0.05, 0) is 37.8 Å². The number of para-hydroxylation sites is 2. The number of carbonyl (C=O) groups excluding carboxylic acids is 1. The van der Waals surface area contributed by atoms with Crippen LogP contribution >= 0.6 is 0 Å². The molecule has 1 saturated heterocycles. The van der Waals surface area contributed by atoms with E-state index in [2.05, 4.69) is 0 Å². The van der Waals surface area contributed by atoms with Gasteiger partial charge in [0.25, 0.3) is 0 Å². The molecule has 1 unspecified atom stereocenters. The molecule has 1 aromatic heterocycles. The Balaban J connectivity index is 1.88. The number of aryl methyl sites for hydroxylation is 1. The van der Waals surface area contributed by atoms with Gasteiger partial charge in [0.15, 0.2) is 0 Å². The number of piperidine rings is 1. The minimum absolute atomic E-state index is 0.0402. The Labute approximate surface area is 134 Å². The maximum Gasteiger partial charge on any atom is 0.329 e. The lowest BCUT2D eigenvalue weighted by atomic mass is 9.99. The van der Waals surface area contributed by atoms with Crippen molar-refractivity contribution in [2.75, 3.05) is 13.2 Å². The Kier molecular flexibility index (Phi) is 4.52. The fourth-order valence-electron chi connectivity index (χ4n) is 3.52. The van der Waals surface area contributed by atoms with E-state index in [9.17, 15) is 14.7 Å². The first kappa shape index (κ1) is 15.8. The van der Waals surface area contributed by atoms with Gasteiger partial charge >= 0.3 is 5.69 Å². The summed E-state index contributed by atoms with van der Waals surface area (Å²) in [5.41, 5.74) is 1.44. The SMILES string of the molecule is Cn1c(=O)n(CC(=O)N2CCCCC2CCO)c2ccccc21. The Morgan fingerprint density at radius 1 is 1.26 bits per heavy atom. The molecule has 1 aromatic carbocycles. The van der Waals surface area contributed by atoms with Gasteiger partial charge in [0.05, 0.1) is 11.0 Å². The van der Waals surface area contributed by atoms with Crippen molar-refractivity contribution < 1.29 is 9.90 Å². The van der Waals surface area contributed by atoms with Gasteiger partial charge in [-0.25, -0.2) is 4.79 Å². The molecule has 1 amide bonds. The second kappa shape index (κ2) is 6.58. The molecule has 3 rings (SSSR count). The average molecular weight is 317 g/mol. The average Bonchev–Trinajstić information content (AvgIpc) is 2.81. The Hall–Kier alpha value is -2.08. The molecule has 0 saturated carbocycles. The number of hydrogen-bond acceptors (Lipinski definition) is 3. The summed E-state index contributed by atoms with van der Waals surface area (Å²) in [5.74, 6) is -0.0402. The molecule has 1 fully saturated rings. The number of benzene rings is 1. The third-order valence-corrected chi connectivity index (χ3v) is 4.75. The summed E-state index contributed by atoms with van der Waals surface area (Å²) in [5, 5.41) is 9.20. The summed E-state index contributed by atoms with van der Waals surface area (Å²) in [6.45, 7) is 0.855. The molecular weight excluding hydrogens is 294 g/mol. The van der Waals surface area contributed by atoms with Crippen molar-refractivity contribution in [3.63, 3.8) is 0 Å². The number of hydrogen-bond donors (Lipinski definition) is 1. The third kappa shape index (κ3) is 2.91. The van der Waals surface area contributed by atoms with Crippen molar-refractivity contribution >= 4 is 16.9 Å². The smallest absolute Gasteiger partial charge is 0.329 e. The van der Waals surface area contributed by atoms with E-state index >= 15 is 0 Å². The Morgan fingerprint density at radius 3 is 2.74 bits per heavy atom. The van der Waals surface area contributed by atoms with Crippen molar-refractivity contribution in [3.8, 4) is 0 Å². The minimum atomic E-state index is -0.171. The van der Waals surface area contributed by atoms with Gasteiger partial charge in [-0.15, -0.1) is 0 Å². The van der Waals surface area contributed by atoms with Crippen LogP contribution in [0.3, 0.4) is 0 Å². The first-order chi connectivity index (χ1) is 11.1. The normalized spacial score (nSPS) is 18.5. The largest absolute Gasteiger partial charge is 0.396 e. The summed E-state index contributed by atoms with van der Waals surface area (Å²) in [6.07, 6.45) is 3.60. The van der Waals surface area contributed by atoms with Crippen molar-refractivity contribution in [2.24, 2.45) is 7.05 Å². The van der Waals surface area contributed by atoms with Crippen LogP contribution in [0.15, 0.2) is 29.1 Å². The maximum absolute atomic E-state index is 12.7. The highest BCUT2D eigenvalue weighted by Gasteiger charge is 2.27.